The van der Waals surface area contributed by atoms with Crippen LogP contribution >= 0.6 is 11.6 Å². The van der Waals surface area contributed by atoms with Crippen molar-refractivity contribution in [3.8, 4) is 0 Å². The van der Waals surface area contributed by atoms with Crippen molar-refractivity contribution in [3.05, 3.63) is 34.9 Å². The molecule has 1 amide bonds. The Morgan fingerprint density at radius 2 is 2.10 bits per heavy atom. The molecule has 0 spiro atoms. The normalized spacial score (nSPS) is 16.4. The lowest BCUT2D eigenvalue weighted by Gasteiger charge is -2.34. The maximum absolute atomic E-state index is 12.3. The van der Waals surface area contributed by atoms with Gasteiger partial charge in [-0.1, -0.05) is 11.6 Å². The van der Waals surface area contributed by atoms with Gasteiger partial charge in [-0.2, -0.15) is 10.2 Å². The largest absolute Gasteiger partial charge is 0.335 e. The molecule has 21 heavy (non-hydrogen) atoms. The molecule has 2 aromatic rings. The molecule has 7 nitrogen and oxygen atoms in total. The first-order valence-corrected chi connectivity index (χ1v) is 7.19. The Morgan fingerprint density at radius 1 is 1.33 bits per heavy atom. The minimum atomic E-state index is -0.0847. The molecule has 112 valence electrons. The topological polar surface area (TPSA) is 70.0 Å². The van der Waals surface area contributed by atoms with E-state index in [1.807, 2.05) is 19.4 Å². The van der Waals surface area contributed by atoms with E-state index < -0.39 is 0 Å². The summed E-state index contributed by atoms with van der Waals surface area (Å²) in [6, 6.07) is 0. The van der Waals surface area contributed by atoms with E-state index in [-0.39, 0.29) is 5.91 Å². The van der Waals surface area contributed by atoms with Gasteiger partial charge in [0, 0.05) is 51.5 Å². The van der Waals surface area contributed by atoms with E-state index in [1.165, 1.54) is 11.8 Å². The highest BCUT2D eigenvalue weighted by Crippen LogP contribution is 2.16. The van der Waals surface area contributed by atoms with E-state index in [0.29, 0.717) is 23.8 Å². The van der Waals surface area contributed by atoms with Crippen LogP contribution in [0.1, 0.15) is 16.1 Å². The molecule has 3 rings (SSSR count). The third-order valence-electron chi connectivity index (χ3n) is 3.63. The Hall–Kier alpha value is -1.86. The van der Waals surface area contributed by atoms with Crippen molar-refractivity contribution < 1.29 is 4.79 Å². The number of carbonyl (C=O) groups is 1. The molecule has 0 radical (unpaired) electrons. The molecule has 0 aromatic carbocycles. The van der Waals surface area contributed by atoms with Crippen molar-refractivity contribution in [2.75, 3.05) is 26.2 Å². The number of H-pyrrole nitrogens is 1. The van der Waals surface area contributed by atoms with Gasteiger partial charge in [0.1, 0.15) is 5.69 Å². The lowest BCUT2D eigenvalue weighted by molar-refractivity contribution is 0.0623. The summed E-state index contributed by atoms with van der Waals surface area (Å²) in [6.07, 6.45) is 5.34. The molecule has 1 N–H and O–H groups in total. The second-order valence-electron chi connectivity index (χ2n) is 5.18. The minimum Gasteiger partial charge on any atom is -0.335 e. The number of rotatable bonds is 3. The highest BCUT2D eigenvalue weighted by atomic mass is 35.5. The lowest BCUT2D eigenvalue weighted by atomic mass is 10.2. The van der Waals surface area contributed by atoms with E-state index in [1.54, 1.807) is 9.58 Å². The van der Waals surface area contributed by atoms with E-state index in [0.717, 1.165) is 19.6 Å². The van der Waals surface area contributed by atoms with E-state index in [4.69, 9.17) is 11.6 Å². The number of aromatic amines is 1. The molecule has 1 aliphatic rings. The zero-order valence-electron chi connectivity index (χ0n) is 11.8. The smallest absolute Gasteiger partial charge is 0.273 e. The van der Waals surface area contributed by atoms with Crippen molar-refractivity contribution in [3.63, 3.8) is 0 Å². The molecular weight excluding hydrogens is 292 g/mol. The summed E-state index contributed by atoms with van der Waals surface area (Å²) in [5, 5.41) is 11.0. The SMILES string of the molecule is Cn1cc(CN2CCN(C(=O)c3[nH]ncc3Cl)CC2)cn1. The van der Waals surface area contributed by atoms with Crippen LogP contribution < -0.4 is 0 Å². The number of carbonyl (C=O) groups excluding carboxylic acids is 1. The molecule has 1 saturated heterocycles. The van der Waals surface area contributed by atoms with Crippen LogP contribution in [0.3, 0.4) is 0 Å². The molecule has 1 aliphatic heterocycles. The molecule has 0 aliphatic carbocycles. The predicted molar refractivity (Wildman–Crippen MR) is 78.0 cm³/mol. The standard InChI is InChI=1S/C13H17ClN6O/c1-18-8-10(6-16-18)9-19-2-4-20(5-3-19)13(21)12-11(14)7-15-17-12/h6-8H,2-5,9H2,1H3,(H,15,17). The molecule has 0 atom stereocenters. The Balaban J connectivity index is 1.55. The molecule has 0 bridgehead atoms. The van der Waals surface area contributed by atoms with Crippen LogP contribution in [-0.2, 0) is 13.6 Å². The summed E-state index contributed by atoms with van der Waals surface area (Å²) < 4.78 is 1.80. The molecule has 0 saturated carbocycles. The molecule has 1 fully saturated rings. The Bertz CT molecular complexity index is 628. The van der Waals surface area contributed by atoms with Crippen molar-refractivity contribution in [2.24, 2.45) is 7.05 Å². The van der Waals surface area contributed by atoms with Gasteiger partial charge in [0.2, 0.25) is 0 Å². The van der Waals surface area contributed by atoms with Crippen LogP contribution in [-0.4, -0.2) is 61.9 Å². The number of aromatic nitrogens is 4. The number of piperazine rings is 1. The zero-order valence-corrected chi connectivity index (χ0v) is 12.5. The Morgan fingerprint density at radius 3 is 2.67 bits per heavy atom. The summed E-state index contributed by atoms with van der Waals surface area (Å²) in [5.74, 6) is -0.0847. The third kappa shape index (κ3) is 3.08. The molecule has 8 heteroatoms. The molecular formula is C13H17ClN6O. The van der Waals surface area contributed by atoms with Gasteiger partial charge < -0.3 is 4.90 Å². The van der Waals surface area contributed by atoms with Crippen molar-refractivity contribution in [1.29, 1.82) is 0 Å². The molecule has 2 aromatic heterocycles. The maximum Gasteiger partial charge on any atom is 0.273 e. The first-order chi connectivity index (χ1) is 10.1. The van der Waals surface area contributed by atoms with E-state index >= 15 is 0 Å². The highest BCUT2D eigenvalue weighted by Gasteiger charge is 2.24. The monoisotopic (exact) mass is 308 g/mol. The van der Waals surface area contributed by atoms with E-state index in [9.17, 15) is 4.79 Å². The number of halogens is 1. The summed E-state index contributed by atoms with van der Waals surface area (Å²) in [7, 11) is 1.91. The van der Waals surface area contributed by atoms with Gasteiger partial charge in [-0.25, -0.2) is 0 Å². The van der Waals surface area contributed by atoms with Crippen LogP contribution in [0.4, 0.5) is 0 Å². The van der Waals surface area contributed by atoms with Gasteiger partial charge >= 0.3 is 0 Å². The van der Waals surface area contributed by atoms with Crippen LogP contribution in [0.5, 0.6) is 0 Å². The second kappa shape index (κ2) is 5.87. The van der Waals surface area contributed by atoms with Gasteiger partial charge in [-0.05, 0) is 0 Å². The summed E-state index contributed by atoms with van der Waals surface area (Å²) >= 11 is 5.93. The van der Waals surface area contributed by atoms with Crippen molar-refractivity contribution in [2.45, 2.75) is 6.54 Å². The van der Waals surface area contributed by atoms with Gasteiger partial charge in [0.15, 0.2) is 0 Å². The van der Waals surface area contributed by atoms with E-state index in [2.05, 4.69) is 20.2 Å². The van der Waals surface area contributed by atoms with Gasteiger partial charge in [-0.15, -0.1) is 0 Å². The first-order valence-electron chi connectivity index (χ1n) is 6.81. The predicted octanol–water partition coefficient (Wildman–Crippen LogP) is 0.755. The number of hydrogen-bond donors (Lipinski definition) is 1. The number of amides is 1. The Labute approximate surface area is 127 Å². The average Bonchev–Trinajstić information content (AvgIpc) is 3.08. The average molecular weight is 309 g/mol. The highest BCUT2D eigenvalue weighted by molar-refractivity contribution is 6.33. The van der Waals surface area contributed by atoms with Gasteiger partial charge in [-0.3, -0.25) is 19.5 Å². The fourth-order valence-electron chi connectivity index (χ4n) is 2.50. The van der Waals surface area contributed by atoms with Crippen LogP contribution in [0, 0.1) is 0 Å². The minimum absolute atomic E-state index is 0.0847. The van der Waals surface area contributed by atoms with Crippen LogP contribution in [0.25, 0.3) is 0 Å². The van der Waals surface area contributed by atoms with Gasteiger partial charge in [0.25, 0.3) is 5.91 Å². The zero-order chi connectivity index (χ0) is 14.8. The second-order valence-corrected chi connectivity index (χ2v) is 5.59. The number of aryl methyl sites for hydroxylation is 1. The van der Waals surface area contributed by atoms with Gasteiger partial charge in [0.05, 0.1) is 17.4 Å². The van der Waals surface area contributed by atoms with Crippen molar-refractivity contribution in [1.82, 2.24) is 29.8 Å². The molecule has 3 heterocycles. The summed E-state index contributed by atoms with van der Waals surface area (Å²) in [4.78, 5) is 16.4. The van der Waals surface area contributed by atoms with Crippen LogP contribution in [0.2, 0.25) is 5.02 Å². The maximum atomic E-state index is 12.3. The number of nitrogens with zero attached hydrogens (tertiary/aromatic N) is 5. The third-order valence-corrected chi connectivity index (χ3v) is 3.92. The first kappa shape index (κ1) is 14.1. The van der Waals surface area contributed by atoms with Crippen molar-refractivity contribution >= 4 is 17.5 Å². The summed E-state index contributed by atoms with van der Waals surface area (Å²) in [5.41, 5.74) is 1.56. The summed E-state index contributed by atoms with van der Waals surface area (Å²) in [6.45, 7) is 3.92. The fraction of sp³-hybridized carbons (Fsp3) is 0.462. The Kier molecular flexibility index (Phi) is 3.94. The number of hydrogen-bond acceptors (Lipinski definition) is 4. The molecule has 0 unspecified atom stereocenters. The fourth-order valence-corrected chi connectivity index (χ4v) is 2.67. The quantitative estimate of drug-likeness (QED) is 0.908. The number of nitrogens with one attached hydrogen (secondary N) is 1. The lowest BCUT2D eigenvalue weighted by Crippen LogP contribution is -2.48. The van der Waals surface area contributed by atoms with Crippen LogP contribution in [0.15, 0.2) is 18.6 Å².